The molecular weight excluding hydrogens is 445 g/mol. The molecule has 0 aliphatic rings. The molecule has 4 aromatic rings. The van der Waals surface area contributed by atoms with Gasteiger partial charge in [0.05, 0.1) is 11.1 Å². The van der Waals surface area contributed by atoms with E-state index < -0.39 is 11.1 Å². The molecule has 0 bridgehead atoms. The molecule has 0 aliphatic carbocycles. The Morgan fingerprint density at radius 2 is 0.667 bits per heavy atom. The molecule has 0 aromatic heterocycles. The summed E-state index contributed by atoms with van der Waals surface area (Å²) in [5, 5.41) is 4.01. The van der Waals surface area contributed by atoms with Crippen molar-refractivity contribution >= 4 is 23.2 Å². The molecule has 4 aromatic carbocycles. The van der Waals surface area contributed by atoms with E-state index in [1.165, 1.54) is 0 Å². The molecule has 0 radical (unpaired) electrons. The molecule has 0 heterocycles. The summed E-state index contributed by atoms with van der Waals surface area (Å²) < 4.78 is 0. The van der Waals surface area contributed by atoms with Gasteiger partial charge in [-0.3, -0.25) is 5.32 Å². The van der Waals surface area contributed by atoms with E-state index in [0.29, 0.717) is 0 Å². The summed E-state index contributed by atoms with van der Waals surface area (Å²) in [7, 11) is 0. The van der Waals surface area contributed by atoms with Crippen LogP contribution in [0.5, 0.6) is 0 Å². The van der Waals surface area contributed by atoms with Crippen LogP contribution in [-0.4, -0.2) is 0 Å². The number of hydrogen-bond acceptors (Lipinski definition) is 1. The zero-order valence-electron chi connectivity index (χ0n) is 18.1. The van der Waals surface area contributed by atoms with Gasteiger partial charge in [-0.15, -0.1) is 0 Å². The highest BCUT2D eigenvalue weighted by Crippen LogP contribution is 2.40. The van der Waals surface area contributed by atoms with Crippen LogP contribution >= 0.6 is 23.2 Å². The van der Waals surface area contributed by atoms with E-state index in [1.54, 1.807) is 11.1 Å². The van der Waals surface area contributed by atoms with Crippen molar-refractivity contribution in [3.05, 3.63) is 167 Å². The predicted octanol–water partition coefficient (Wildman–Crippen LogP) is 7.97. The van der Waals surface area contributed by atoms with E-state index >= 15 is 0 Å². The second-order valence-corrected chi connectivity index (χ2v) is 8.29. The SMILES string of the molecule is Cl/C=C\C(NC(/C=C/Cl)(c1ccccc1)c1ccccc1)(c1ccccc1)c1ccccc1. The summed E-state index contributed by atoms with van der Waals surface area (Å²) in [5.41, 5.74) is 5.92. The van der Waals surface area contributed by atoms with Crippen LogP contribution in [0.1, 0.15) is 22.3 Å². The van der Waals surface area contributed by atoms with Crippen LogP contribution in [-0.2, 0) is 11.1 Å². The molecule has 33 heavy (non-hydrogen) atoms. The Morgan fingerprint density at radius 1 is 0.424 bits per heavy atom. The van der Waals surface area contributed by atoms with Crippen LogP contribution < -0.4 is 5.32 Å². The van der Waals surface area contributed by atoms with Gasteiger partial charge in [-0.1, -0.05) is 145 Å². The van der Waals surface area contributed by atoms with E-state index in [4.69, 9.17) is 23.2 Å². The Kier molecular flexibility index (Phi) is 7.47. The van der Waals surface area contributed by atoms with Crippen molar-refractivity contribution in [3.63, 3.8) is 0 Å². The third-order valence-corrected chi connectivity index (χ3v) is 6.19. The minimum atomic E-state index is -0.744. The van der Waals surface area contributed by atoms with Crippen molar-refractivity contribution < 1.29 is 0 Å². The van der Waals surface area contributed by atoms with Crippen LogP contribution in [0.3, 0.4) is 0 Å². The fourth-order valence-electron chi connectivity index (χ4n) is 4.39. The quantitative estimate of drug-likeness (QED) is 0.275. The van der Waals surface area contributed by atoms with Crippen molar-refractivity contribution in [2.24, 2.45) is 0 Å². The van der Waals surface area contributed by atoms with Gasteiger partial charge < -0.3 is 0 Å². The lowest BCUT2D eigenvalue weighted by Gasteiger charge is -2.44. The maximum atomic E-state index is 6.32. The Balaban J connectivity index is 2.06. The van der Waals surface area contributed by atoms with Crippen molar-refractivity contribution in [2.45, 2.75) is 11.1 Å². The molecule has 3 heteroatoms. The van der Waals surface area contributed by atoms with Gasteiger partial charge in [0.1, 0.15) is 0 Å². The van der Waals surface area contributed by atoms with Gasteiger partial charge in [-0.05, 0) is 34.4 Å². The highest BCUT2D eigenvalue weighted by Gasteiger charge is 2.42. The number of halogens is 2. The van der Waals surface area contributed by atoms with Crippen molar-refractivity contribution in [3.8, 4) is 0 Å². The monoisotopic (exact) mass is 469 g/mol. The summed E-state index contributed by atoms with van der Waals surface area (Å²) in [6, 6.07) is 41.3. The maximum absolute atomic E-state index is 6.32. The summed E-state index contributed by atoms with van der Waals surface area (Å²) in [5.74, 6) is 0. The zero-order valence-corrected chi connectivity index (χ0v) is 19.6. The van der Waals surface area contributed by atoms with E-state index in [0.717, 1.165) is 22.3 Å². The molecule has 0 atom stereocenters. The van der Waals surface area contributed by atoms with Crippen molar-refractivity contribution in [2.75, 3.05) is 0 Å². The molecule has 0 unspecified atom stereocenters. The topological polar surface area (TPSA) is 12.0 Å². The van der Waals surface area contributed by atoms with Gasteiger partial charge in [-0.25, -0.2) is 0 Å². The largest absolute Gasteiger partial charge is 0.284 e. The van der Waals surface area contributed by atoms with Gasteiger partial charge in [0.15, 0.2) is 0 Å². The third-order valence-electron chi connectivity index (χ3n) is 5.94. The molecule has 0 amide bonds. The third kappa shape index (κ3) is 4.67. The molecule has 0 saturated heterocycles. The first-order valence-electron chi connectivity index (χ1n) is 10.8. The Hall–Kier alpha value is -3.10. The first-order valence-corrected chi connectivity index (χ1v) is 11.7. The van der Waals surface area contributed by atoms with Crippen LogP contribution in [0.4, 0.5) is 0 Å². The van der Waals surface area contributed by atoms with Gasteiger partial charge in [0.25, 0.3) is 0 Å². The second-order valence-electron chi connectivity index (χ2n) is 7.79. The molecule has 0 saturated carbocycles. The zero-order chi connectivity index (χ0) is 23.0. The van der Waals surface area contributed by atoms with E-state index in [-0.39, 0.29) is 0 Å². The van der Waals surface area contributed by atoms with E-state index in [1.807, 2.05) is 84.9 Å². The fourth-order valence-corrected chi connectivity index (χ4v) is 4.77. The van der Waals surface area contributed by atoms with E-state index in [9.17, 15) is 0 Å². The first kappa shape index (κ1) is 23.1. The minimum absolute atomic E-state index is 0.744. The first-order chi connectivity index (χ1) is 16.2. The number of rotatable bonds is 8. The maximum Gasteiger partial charge on any atom is 0.0900 e. The normalized spacial score (nSPS) is 12.4. The summed E-state index contributed by atoms with van der Waals surface area (Å²) in [6.45, 7) is 0. The standard InChI is InChI=1S/C30H25Cl2N/c31-23-21-29(25-13-5-1-6-14-25,26-15-7-2-8-16-26)33-30(22-24-32,27-17-9-3-10-18-27)28-19-11-4-12-20-28/h1-24,33H/b23-21-,24-22+. The highest BCUT2D eigenvalue weighted by molar-refractivity contribution is 6.25. The van der Waals surface area contributed by atoms with Crippen LogP contribution in [0.25, 0.3) is 0 Å². The molecule has 4 rings (SSSR count). The second kappa shape index (κ2) is 10.7. The average molecular weight is 470 g/mol. The number of hydrogen-bond donors (Lipinski definition) is 1. The van der Waals surface area contributed by atoms with Crippen molar-refractivity contribution in [1.82, 2.24) is 5.32 Å². The molecule has 1 N–H and O–H groups in total. The molecule has 0 aliphatic heterocycles. The Morgan fingerprint density at radius 3 is 0.879 bits per heavy atom. The number of nitrogens with one attached hydrogen (secondary N) is 1. The number of benzene rings is 4. The minimum Gasteiger partial charge on any atom is -0.284 e. The molecule has 1 nitrogen and oxygen atoms in total. The van der Waals surface area contributed by atoms with Gasteiger partial charge in [-0.2, -0.15) is 0 Å². The highest BCUT2D eigenvalue weighted by atomic mass is 35.5. The average Bonchev–Trinajstić information content (AvgIpc) is 2.90. The Bertz CT molecular complexity index is 1010. The van der Waals surface area contributed by atoms with Gasteiger partial charge >= 0.3 is 0 Å². The van der Waals surface area contributed by atoms with Crippen molar-refractivity contribution in [1.29, 1.82) is 0 Å². The molecule has 164 valence electrons. The fraction of sp³-hybridized carbons (Fsp3) is 0.0667. The lowest BCUT2D eigenvalue weighted by atomic mass is 9.75. The van der Waals surface area contributed by atoms with Crippen LogP contribution in [0, 0.1) is 0 Å². The molecule has 0 fully saturated rings. The smallest absolute Gasteiger partial charge is 0.0900 e. The molecular formula is C30H25Cl2N. The summed E-state index contributed by atoms with van der Waals surface area (Å²) in [4.78, 5) is 0. The van der Waals surface area contributed by atoms with Crippen LogP contribution in [0.15, 0.2) is 145 Å². The molecule has 0 spiro atoms. The Labute approximate surface area is 206 Å². The summed E-state index contributed by atoms with van der Waals surface area (Å²) >= 11 is 12.6. The lowest BCUT2D eigenvalue weighted by molar-refractivity contribution is 0.374. The predicted molar refractivity (Wildman–Crippen MR) is 140 cm³/mol. The van der Waals surface area contributed by atoms with Gasteiger partial charge in [0, 0.05) is 11.1 Å². The van der Waals surface area contributed by atoms with E-state index in [2.05, 4.69) is 53.8 Å². The van der Waals surface area contributed by atoms with Gasteiger partial charge in [0.2, 0.25) is 0 Å². The van der Waals surface area contributed by atoms with Crippen LogP contribution in [0.2, 0.25) is 0 Å². The lowest BCUT2D eigenvalue weighted by Crippen LogP contribution is -2.54. The summed E-state index contributed by atoms with van der Waals surface area (Å²) in [6.07, 6.45) is 4.00.